The highest BCUT2D eigenvalue weighted by Crippen LogP contribution is 2.31. The molecule has 0 unspecified atom stereocenters. The maximum absolute atomic E-state index is 13.0. The minimum atomic E-state index is 0.168. The van der Waals surface area contributed by atoms with Gasteiger partial charge in [-0.3, -0.25) is 14.1 Å². The highest BCUT2D eigenvalue weighted by molar-refractivity contribution is 5.78. The van der Waals surface area contributed by atoms with Gasteiger partial charge in [0.25, 0.3) is 0 Å². The first-order chi connectivity index (χ1) is 14.8. The van der Waals surface area contributed by atoms with E-state index < -0.39 is 0 Å². The van der Waals surface area contributed by atoms with Gasteiger partial charge in [-0.2, -0.15) is 0 Å². The average Bonchev–Trinajstić information content (AvgIpc) is 3.41. The molecule has 0 bridgehead atoms. The number of rotatable bonds is 5. The van der Waals surface area contributed by atoms with E-state index in [1.165, 1.54) is 5.56 Å². The van der Waals surface area contributed by atoms with Crippen LogP contribution in [0.15, 0.2) is 54.7 Å². The van der Waals surface area contributed by atoms with Crippen LogP contribution < -0.4 is 0 Å². The maximum atomic E-state index is 13.0. The van der Waals surface area contributed by atoms with Crippen LogP contribution in [0.4, 0.5) is 0 Å². The van der Waals surface area contributed by atoms with E-state index >= 15 is 0 Å². The van der Waals surface area contributed by atoms with Crippen molar-refractivity contribution in [2.45, 2.75) is 38.1 Å². The van der Waals surface area contributed by atoms with E-state index in [0.29, 0.717) is 12.5 Å². The van der Waals surface area contributed by atoms with Gasteiger partial charge in [-0.05, 0) is 62.3 Å². The molecule has 0 saturated carbocycles. The molecule has 2 aromatic heterocycles. The quantitative estimate of drug-likeness (QED) is 0.656. The predicted octanol–water partition coefficient (Wildman–Crippen LogP) is 3.35. The summed E-state index contributed by atoms with van der Waals surface area (Å²) in [5, 5.41) is 8.74. The number of piperidine rings is 1. The number of carbonyl (C=O) groups is 1. The minimum Gasteiger partial charge on any atom is -0.342 e. The van der Waals surface area contributed by atoms with Gasteiger partial charge in [0, 0.05) is 19.3 Å². The first-order valence-electron chi connectivity index (χ1n) is 11.1. The van der Waals surface area contributed by atoms with Crippen LogP contribution in [0.1, 0.15) is 43.1 Å². The first-order valence-corrected chi connectivity index (χ1v) is 11.1. The largest absolute Gasteiger partial charge is 0.342 e. The smallest absolute Gasteiger partial charge is 0.236 e. The van der Waals surface area contributed by atoms with Crippen molar-refractivity contribution in [3.05, 3.63) is 66.1 Å². The van der Waals surface area contributed by atoms with Crippen molar-refractivity contribution < 1.29 is 4.79 Å². The summed E-state index contributed by atoms with van der Waals surface area (Å²) >= 11 is 0. The van der Waals surface area contributed by atoms with E-state index in [1.807, 2.05) is 24.4 Å². The lowest BCUT2D eigenvalue weighted by atomic mass is 9.90. The fraction of sp³-hybridized carbons (Fsp3) is 0.458. The third kappa shape index (κ3) is 3.97. The number of fused-ring (bicyclic) bond motifs is 1. The molecule has 6 heteroatoms. The molecule has 3 aromatic rings. The second-order valence-corrected chi connectivity index (χ2v) is 8.63. The molecule has 0 radical (unpaired) electrons. The molecular formula is C24H29N5O. The predicted molar refractivity (Wildman–Crippen MR) is 116 cm³/mol. The topological polar surface area (TPSA) is 53.7 Å². The molecule has 1 aromatic carbocycles. The van der Waals surface area contributed by atoms with Gasteiger partial charge in [0.2, 0.25) is 5.91 Å². The lowest BCUT2D eigenvalue weighted by Crippen LogP contribution is -2.44. The van der Waals surface area contributed by atoms with Crippen LogP contribution in [-0.4, -0.2) is 56.5 Å². The van der Waals surface area contributed by atoms with Crippen LogP contribution in [-0.2, 0) is 11.2 Å². The Labute approximate surface area is 177 Å². The molecule has 2 aliphatic rings. The van der Waals surface area contributed by atoms with Crippen molar-refractivity contribution in [3.63, 3.8) is 0 Å². The molecule has 156 valence electrons. The van der Waals surface area contributed by atoms with Crippen molar-refractivity contribution in [2.24, 2.45) is 5.92 Å². The van der Waals surface area contributed by atoms with Crippen LogP contribution in [0.3, 0.4) is 0 Å². The first kappa shape index (κ1) is 19.2. The standard InChI is InChI=1S/C24H29N5O/c30-23(27-15-11-20(12-16-27)17-19-7-2-1-3-8-19)18-28-13-6-9-21(28)24-26-25-22-10-4-5-14-29(22)24/h1-5,7-8,10,14,20-21H,6,9,11-13,15-18H2/t21-/m1/s1. The van der Waals surface area contributed by atoms with Gasteiger partial charge in [-0.25, -0.2) is 0 Å². The normalized spacial score (nSPS) is 20.8. The number of nitrogens with zero attached hydrogens (tertiary/aromatic N) is 5. The zero-order valence-corrected chi connectivity index (χ0v) is 17.4. The Hall–Kier alpha value is -2.73. The number of benzene rings is 1. The van der Waals surface area contributed by atoms with Crippen molar-refractivity contribution >= 4 is 11.6 Å². The number of likely N-dealkylation sites (tertiary alicyclic amines) is 2. The Bertz CT molecular complexity index is 993. The Morgan fingerprint density at radius 1 is 0.933 bits per heavy atom. The number of aromatic nitrogens is 3. The van der Waals surface area contributed by atoms with Crippen molar-refractivity contribution in [2.75, 3.05) is 26.2 Å². The van der Waals surface area contributed by atoms with E-state index in [0.717, 1.165) is 63.2 Å². The number of hydrogen-bond acceptors (Lipinski definition) is 4. The summed E-state index contributed by atoms with van der Waals surface area (Å²) in [5.41, 5.74) is 2.27. The van der Waals surface area contributed by atoms with Crippen LogP contribution in [0, 0.1) is 5.92 Å². The fourth-order valence-electron chi connectivity index (χ4n) is 5.00. The molecule has 2 fully saturated rings. The summed E-state index contributed by atoms with van der Waals surface area (Å²) in [5.74, 6) is 1.89. The maximum Gasteiger partial charge on any atom is 0.236 e. The second-order valence-electron chi connectivity index (χ2n) is 8.63. The van der Waals surface area contributed by atoms with Gasteiger partial charge >= 0.3 is 0 Å². The molecule has 30 heavy (non-hydrogen) atoms. The Balaban J connectivity index is 1.18. The summed E-state index contributed by atoms with van der Waals surface area (Å²) in [6, 6.07) is 16.8. The van der Waals surface area contributed by atoms with E-state index in [4.69, 9.17) is 0 Å². The third-order valence-corrected chi connectivity index (χ3v) is 6.67. The summed E-state index contributed by atoms with van der Waals surface area (Å²) in [6.07, 6.45) is 7.45. The summed E-state index contributed by atoms with van der Waals surface area (Å²) < 4.78 is 2.06. The van der Waals surface area contributed by atoms with Crippen molar-refractivity contribution in [1.29, 1.82) is 0 Å². The molecule has 4 heterocycles. The molecule has 5 rings (SSSR count). The Kier molecular flexibility index (Phi) is 5.49. The van der Waals surface area contributed by atoms with Crippen molar-refractivity contribution in [3.8, 4) is 0 Å². The molecule has 2 aliphatic heterocycles. The van der Waals surface area contributed by atoms with E-state index in [-0.39, 0.29) is 11.9 Å². The zero-order chi connectivity index (χ0) is 20.3. The average molecular weight is 404 g/mol. The van der Waals surface area contributed by atoms with Crippen LogP contribution >= 0.6 is 0 Å². The van der Waals surface area contributed by atoms with E-state index in [9.17, 15) is 4.79 Å². The lowest BCUT2D eigenvalue weighted by molar-refractivity contribution is -0.134. The van der Waals surface area contributed by atoms with E-state index in [2.05, 4.69) is 54.7 Å². The number of carbonyl (C=O) groups excluding carboxylic acids is 1. The van der Waals surface area contributed by atoms with Crippen LogP contribution in [0.2, 0.25) is 0 Å². The molecule has 0 aliphatic carbocycles. The SMILES string of the molecule is O=C(CN1CCC[C@@H]1c1nnc2ccccn12)N1CCC(Cc2ccccc2)CC1. The van der Waals surface area contributed by atoms with Gasteiger partial charge < -0.3 is 4.90 Å². The molecular weight excluding hydrogens is 374 g/mol. The summed E-state index contributed by atoms with van der Waals surface area (Å²) in [6.45, 7) is 3.18. The summed E-state index contributed by atoms with van der Waals surface area (Å²) in [4.78, 5) is 17.4. The zero-order valence-electron chi connectivity index (χ0n) is 17.4. The molecule has 1 atom stereocenters. The lowest BCUT2D eigenvalue weighted by Gasteiger charge is -2.34. The second kappa shape index (κ2) is 8.56. The minimum absolute atomic E-state index is 0.168. The Morgan fingerprint density at radius 3 is 2.57 bits per heavy atom. The monoisotopic (exact) mass is 403 g/mol. The van der Waals surface area contributed by atoms with Crippen molar-refractivity contribution in [1.82, 2.24) is 24.4 Å². The molecule has 1 amide bonds. The van der Waals surface area contributed by atoms with E-state index in [1.54, 1.807) is 0 Å². The molecule has 2 saturated heterocycles. The highest BCUT2D eigenvalue weighted by atomic mass is 16.2. The molecule has 0 spiro atoms. The van der Waals surface area contributed by atoms with Gasteiger partial charge in [-0.15, -0.1) is 10.2 Å². The highest BCUT2D eigenvalue weighted by Gasteiger charge is 2.33. The van der Waals surface area contributed by atoms with Gasteiger partial charge in [0.15, 0.2) is 11.5 Å². The van der Waals surface area contributed by atoms with Gasteiger partial charge in [0.1, 0.15) is 0 Å². The van der Waals surface area contributed by atoms with Gasteiger partial charge in [0.05, 0.1) is 12.6 Å². The summed E-state index contributed by atoms with van der Waals surface area (Å²) in [7, 11) is 0. The fourth-order valence-corrected chi connectivity index (χ4v) is 5.00. The number of pyridine rings is 1. The third-order valence-electron chi connectivity index (χ3n) is 6.67. The van der Waals surface area contributed by atoms with Crippen LogP contribution in [0.5, 0.6) is 0 Å². The Morgan fingerprint density at radius 2 is 1.73 bits per heavy atom. The number of hydrogen-bond donors (Lipinski definition) is 0. The van der Waals surface area contributed by atoms with Crippen LogP contribution in [0.25, 0.3) is 5.65 Å². The molecule has 6 nitrogen and oxygen atoms in total. The van der Waals surface area contributed by atoms with Gasteiger partial charge in [-0.1, -0.05) is 36.4 Å². The number of amides is 1. The molecule has 0 N–H and O–H groups in total.